The Hall–Kier alpha value is -1.70. The van der Waals surface area contributed by atoms with Crippen LogP contribution >= 0.6 is 0 Å². The van der Waals surface area contributed by atoms with Crippen molar-refractivity contribution >= 4 is 6.09 Å². The van der Waals surface area contributed by atoms with Gasteiger partial charge in [0.1, 0.15) is 5.60 Å². The van der Waals surface area contributed by atoms with Gasteiger partial charge < -0.3 is 14.5 Å². The summed E-state index contributed by atoms with van der Waals surface area (Å²) in [6.45, 7) is 6.91. The van der Waals surface area contributed by atoms with Gasteiger partial charge in [-0.05, 0) is 33.1 Å². The van der Waals surface area contributed by atoms with E-state index in [2.05, 4.69) is 6.07 Å². The summed E-state index contributed by atoms with van der Waals surface area (Å²) < 4.78 is 5.28. The molecule has 0 aliphatic carbocycles. The minimum Gasteiger partial charge on any atom is -0.444 e. The molecule has 0 atom stereocenters. The fraction of sp³-hybridized carbons (Fsp3) is 0.714. The lowest BCUT2D eigenvalue weighted by molar-refractivity contribution is -0.000773. The Bertz CT molecular complexity index is 396. The van der Waals surface area contributed by atoms with Crippen molar-refractivity contribution in [3.63, 3.8) is 0 Å². The van der Waals surface area contributed by atoms with Crippen LogP contribution in [-0.4, -0.2) is 48.7 Å². The van der Waals surface area contributed by atoms with E-state index in [4.69, 9.17) is 10.00 Å². The van der Waals surface area contributed by atoms with Crippen LogP contribution in [0.4, 0.5) is 4.79 Å². The zero-order valence-electron chi connectivity index (χ0n) is 12.4. The number of hydrogen-bond donors (Lipinski definition) is 0. The highest BCUT2D eigenvalue weighted by atomic mass is 16.6. The molecule has 0 unspecified atom stereocenters. The molecular formula is C14H23N3O2. The second-order valence-electron chi connectivity index (χ2n) is 6.19. The maximum Gasteiger partial charge on any atom is 0.410 e. The zero-order chi connectivity index (χ0) is 14.6. The van der Waals surface area contributed by atoms with Crippen LogP contribution in [0.5, 0.6) is 0 Å². The van der Waals surface area contributed by atoms with Gasteiger partial charge in [-0.3, -0.25) is 0 Å². The van der Waals surface area contributed by atoms with Gasteiger partial charge in [0, 0.05) is 39.0 Å². The van der Waals surface area contributed by atoms with Crippen molar-refractivity contribution in [2.45, 2.75) is 32.8 Å². The zero-order valence-corrected chi connectivity index (χ0v) is 12.4. The SMILES string of the molecule is CN(C)/C=C(\C#N)CC1CN(C(=O)OC(C)(C)C)C1. The minimum atomic E-state index is -0.454. The van der Waals surface area contributed by atoms with E-state index < -0.39 is 5.60 Å². The Balaban J connectivity index is 2.38. The Labute approximate surface area is 115 Å². The summed E-state index contributed by atoms with van der Waals surface area (Å²) in [5, 5.41) is 9.02. The fourth-order valence-electron chi connectivity index (χ4n) is 1.92. The highest BCUT2D eigenvalue weighted by Gasteiger charge is 2.33. The third-order valence-electron chi connectivity index (χ3n) is 2.68. The highest BCUT2D eigenvalue weighted by Crippen LogP contribution is 2.24. The van der Waals surface area contributed by atoms with E-state index in [-0.39, 0.29) is 6.09 Å². The number of ether oxygens (including phenoxy) is 1. The van der Waals surface area contributed by atoms with Gasteiger partial charge in [-0.1, -0.05) is 0 Å². The number of carbonyl (C=O) groups excluding carboxylic acids is 1. The van der Waals surface area contributed by atoms with Crippen LogP contribution in [0, 0.1) is 17.2 Å². The summed E-state index contributed by atoms with van der Waals surface area (Å²) in [6, 6.07) is 2.20. The molecule has 1 aliphatic rings. The van der Waals surface area contributed by atoms with Crippen LogP contribution in [0.15, 0.2) is 11.8 Å². The number of likely N-dealkylation sites (tertiary alicyclic amines) is 1. The van der Waals surface area contributed by atoms with Gasteiger partial charge in [-0.25, -0.2) is 4.79 Å². The molecule has 0 N–H and O–H groups in total. The molecule has 106 valence electrons. The average molecular weight is 265 g/mol. The van der Waals surface area contributed by atoms with Gasteiger partial charge in [-0.2, -0.15) is 5.26 Å². The predicted octanol–water partition coefficient (Wildman–Crippen LogP) is 2.21. The molecule has 1 saturated heterocycles. The predicted molar refractivity (Wildman–Crippen MR) is 73.3 cm³/mol. The van der Waals surface area contributed by atoms with E-state index in [1.807, 2.05) is 46.0 Å². The number of nitriles is 1. The van der Waals surface area contributed by atoms with Gasteiger partial charge in [0.15, 0.2) is 0 Å². The largest absolute Gasteiger partial charge is 0.444 e. The number of rotatable bonds is 3. The van der Waals surface area contributed by atoms with Crippen LogP contribution in [0.2, 0.25) is 0 Å². The molecule has 0 radical (unpaired) electrons. The molecule has 0 aromatic rings. The summed E-state index contributed by atoms with van der Waals surface area (Å²) in [4.78, 5) is 15.3. The molecule has 5 nitrogen and oxygen atoms in total. The maximum absolute atomic E-state index is 11.7. The molecule has 0 aromatic heterocycles. The fourth-order valence-corrected chi connectivity index (χ4v) is 1.92. The second-order valence-corrected chi connectivity index (χ2v) is 6.19. The van der Waals surface area contributed by atoms with Crippen molar-refractivity contribution in [3.05, 3.63) is 11.8 Å². The molecule has 19 heavy (non-hydrogen) atoms. The number of carbonyl (C=O) groups is 1. The molecule has 1 aliphatic heterocycles. The molecular weight excluding hydrogens is 242 g/mol. The van der Waals surface area contributed by atoms with E-state index in [1.54, 1.807) is 4.90 Å². The van der Waals surface area contributed by atoms with E-state index in [9.17, 15) is 4.79 Å². The normalized spacial score (nSPS) is 16.6. The molecule has 0 spiro atoms. The highest BCUT2D eigenvalue weighted by molar-refractivity contribution is 5.69. The van der Waals surface area contributed by atoms with Crippen molar-refractivity contribution in [2.24, 2.45) is 5.92 Å². The quantitative estimate of drug-likeness (QED) is 0.734. The van der Waals surface area contributed by atoms with E-state index in [0.29, 0.717) is 25.4 Å². The number of nitrogens with zero attached hydrogens (tertiary/aromatic N) is 3. The van der Waals surface area contributed by atoms with E-state index in [1.165, 1.54) is 0 Å². The Morgan fingerprint density at radius 1 is 1.47 bits per heavy atom. The number of hydrogen-bond acceptors (Lipinski definition) is 4. The average Bonchev–Trinajstić information content (AvgIpc) is 2.17. The van der Waals surface area contributed by atoms with Crippen molar-refractivity contribution in [1.82, 2.24) is 9.80 Å². The second kappa shape index (κ2) is 5.96. The van der Waals surface area contributed by atoms with E-state index >= 15 is 0 Å². The van der Waals surface area contributed by atoms with E-state index in [0.717, 1.165) is 5.57 Å². The first-order valence-corrected chi connectivity index (χ1v) is 6.46. The van der Waals surface area contributed by atoms with Gasteiger partial charge in [-0.15, -0.1) is 0 Å². The van der Waals surface area contributed by atoms with Crippen LogP contribution in [0.3, 0.4) is 0 Å². The number of amides is 1. The standard InChI is InChI=1S/C14H23N3O2/c1-14(2,3)19-13(18)17-9-12(10-17)6-11(7-15)8-16(4)5/h8,12H,6,9-10H2,1-5H3/b11-8-. The van der Waals surface area contributed by atoms with Crippen molar-refractivity contribution in [3.8, 4) is 6.07 Å². The maximum atomic E-state index is 11.7. The summed E-state index contributed by atoms with van der Waals surface area (Å²) in [5.41, 5.74) is 0.295. The summed E-state index contributed by atoms with van der Waals surface area (Å²) in [6.07, 6.45) is 2.28. The first-order valence-electron chi connectivity index (χ1n) is 6.46. The molecule has 0 aromatic carbocycles. The Morgan fingerprint density at radius 3 is 2.47 bits per heavy atom. The smallest absolute Gasteiger partial charge is 0.410 e. The van der Waals surface area contributed by atoms with Crippen LogP contribution in [0.25, 0.3) is 0 Å². The summed E-state index contributed by atoms with van der Waals surface area (Å²) in [7, 11) is 3.79. The van der Waals surface area contributed by atoms with Gasteiger partial charge in [0.25, 0.3) is 0 Å². The topological polar surface area (TPSA) is 56.6 Å². The monoisotopic (exact) mass is 265 g/mol. The molecule has 1 rings (SSSR count). The first-order chi connectivity index (χ1) is 8.71. The van der Waals surface area contributed by atoms with Crippen LogP contribution in [0.1, 0.15) is 27.2 Å². The van der Waals surface area contributed by atoms with Crippen LogP contribution in [-0.2, 0) is 4.74 Å². The molecule has 1 amide bonds. The minimum absolute atomic E-state index is 0.265. The molecule has 5 heteroatoms. The third kappa shape index (κ3) is 5.21. The van der Waals surface area contributed by atoms with Crippen LogP contribution < -0.4 is 0 Å². The molecule has 0 bridgehead atoms. The lowest BCUT2D eigenvalue weighted by atomic mass is 9.93. The molecule has 1 fully saturated rings. The van der Waals surface area contributed by atoms with Crippen molar-refractivity contribution < 1.29 is 9.53 Å². The van der Waals surface area contributed by atoms with Gasteiger partial charge in [0.05, 0.1) is 6.07 Å². The summed E-state index contributed by atoms with van der Waals surface area (Å²) >= 11 is 0. The first kappa shape index (κ1) is 15.4. The van der Waals surface area contributed by atoms with Crippen molar-refractivity contribution in [2.75, 3.05) is 27.2 Å². The Morgan fingerprint density at radius 2 is 2.05 bits per heavy atom. The lowest BCUT2D eigenvalue weighted by Gasteiger charge is -2.39. The molecule has 0 saturated carbocycles. The van der Waals surface area contributed by atoms with Gasteiger partial charge >= 0.3 is 6.09 Å². The number of allylic oxidation sites excluding steroid dienone is 1. The van der Waals surface area contributed by atoms with Crippen molar-refractivity contribution in [1.29, 1.82) is 5.26 Å². The lowest BCUT2D eigenvalue weighted by Crippen LogP contribution is -2.51. The third-order valence-corrected chi connectivity index (χ3v) is 2.68. The Kier molecular flexibility index (Phi) is 4.82. The van der Waals surface area contributed by atoms with Gasteiger partial charge in [0.2, 0.25) is 0 Å². The summed E-state index contributed by atoms with van der Waals surface area (Å²) in [5.74, 6) is 0.360. The molecule has 1 heterocycles.